The molecule has 1 aliphatic rings. The zero-order valence-corrected chi connectivity index (χ0v) is 38.7. The molecule has 0 bridgehead atoms. The van der Waals surface area contributed by atoms with Gasteiger partial charge < -0.3 is 16.0 Å². The summed E-state index contributed by atoms with van der Waals surface area (Å²) in [5.41, 5.74) is 7.11. The van der Waals surface area contributed by atoms with Gasteiger partial charge >= 0.3 is 0 Å². The summed E-state index contributed by atoms with van der Waals surface area (Å²) in [6.07, 6.45) is 5.19. The standard InChI is InChI=1S/C53H61N11O3/c1-38(41-14-7-4-8-15-41)57-47(65)35-62-28-26-61(34-44-21-22-46-51-50(55-24-25-56-51)45-20-13-23-54-52(45)53(46)60-44)27-29-63(36-48(66)58-39(2)42-16-9-5-10-17-42)31-33-64(32-30-62)37-49(67)59-40(3)43-18-11-6-12-19-43/h4-25,38-40H,26-37H2,1-3H3,(H,57,65)(H,58,66)(H,59,67)/t38-,39-,40-/m1/s1. The second-order valence-electron chi connectivity index (χ2n) is 17.6. The predicted octanol–water partition coefficient (Wildman–Crippen LogP) is 6.08. The second kappa shape index (κ2) is 22.7. The Morgan fingerprint density at radius 3 is 1.21 bits per heavy atom. The van der Waals surface area contributed by atoms with Gasteiger partial charge in [0, 0.05) is 88.3 Å². The molecule has 0 aliphatic carbocycles. The van der Waals surface area contributed by atoms with Crippen LogP contribution in [0.5, 0.6) is 0 Å². The van der Waals surface area contributed by atoms with E-state index in [1.54, 1.807) is 18.6 Å². The van der Waals surface area contributed by atoms with E-state index in [1.165, 1.54) is 0 Å². The van der Waals surface area contributed by atoms with Crippen molar-refractivity contribution in [2.24, 2.45) is 0 Å². The van der Waals surface area contributed by atoms with Crippen LogP contribution in [0.25, 0.3) is 32.8 Å². The molecule has 3 N–H and O–H groups in total. The zero-order valence-electron chi connectivity index (χ0n) is 38.7. The molecular formula is C53H61N11O3. The molecule has 3 aromatic heterocycles. The lowest BCUT2D eigenvalue weighted by Crippen LogP contribution is -2.50. The number of benzene rings is 4. The Morgan fingerprint density at radius 1 is 0.433 bits per heavy atom. The Hall–Kier alpha value is -6.71. The highest BCUT2D eigenvalue weighted by molar-refractivity contribution is 6.20. The largest absolute Gasteiger partial charge is 0.348 e. The van der Waals surface area contributed by atoms with E-state index in [-0.39, 0.29) is 55.5 Å². The Kier molecular flexibility index (Phi) is 15.8. The predicted molar refractivity (Wildman–Crippen MR) is 264 cm³/mol. The van der Waals surface area contributed by atoms with Gasteiger partial charge in [0.1, 0.15) is 0 Å². The SMILES string of the molecule is C[C@@H](NC(=O)CN1CCN(CC(=O)N[C@H](C)c2ccccc2)CCN(Cc2ccc3c4nccnc4c4cccnc4c3n2)CCN(CC(=O)N[C@H](C)c2ccccc2)CC1)c1ccccc1. The number of carbonyl (C=O) groups is 3. The third-order valence-corrected chi connectivity index (χ3v) is 12.6. The summed E-state index contributed by atoms with van der Waals surface area (Å²) in [7, 11) is 0. The molecule has 3 atom stereocenters. The first-order valence-corrected chi connectivity index (χ1v) is 23.4. The van der Waals surface area contributed by atoms with Crippen LogP contribution in [0.3, 0.4) is 0 Å². The van der Waals surface area contributed by atoms with Crippen LogP contribution in [0.1, 0.15) is 61.3 Å². The maximum absolute atomic E-state index is 13.8. The summed E-state index contributed by atoms with van der Waals surface area (Å²) in [6, 6.07) is 37.4. The van der Waals surface area contributed by atoms with Crippen LogP contribution in [0.4, 0.5) is 0 Å². The fourth-order valence-electron chi connectivity index (χ4n) is 8.86. The summed E-state index contributed by atoms with van der Waals surface area (Å²) in [6.45, 7) is 11.7. The minimum absolute atomic E-state index is 0.0659. The lowest BCUT2D eigenvalue weighted by molar-refractivity contribution is -0.125. The summed E-state index contributed by atoms with van der Waals surface area (Å²) >= 11 is 0. The van der Waals surface area contributed by atoms with E-state index in [9.17, 15) is 14.4 Å². The van der Waals surface area contributed by atoms with Crippen LogP contribution in [0.2, 0.25) is 0 Å². The van der Waals surface area contributed by atoms with Gasteiger partial charge in [0.05, 0.1) is 65.5 Å². The van der Waals surface area contributed by atoms with Gasteiger partial charge in [-0.05, 0) is 61.7 Å². The van der Waals surface area contributed by atoms with Crippen LogP contribution >= 0.6 is 0 Å². The van der Waals surface area contributed by atoms with Crippen molar-refractivity contribution in [3.8, 4) is 0 Å². The topological polar surface area (TPSA) is 152 Å². The van der Waals surface area contributed by atoms with Gasteiger partial charge in [-0.15, -0.1) is 0 Å². The van der Waals surface area contributed by atoms with Gasteiger partial charge in [-0.3, -0.25) is 48.9 Å². The molecule has 8 rings (SSSR count). The summed E-state index contributed by atoms with van der Waals surface area (Å²) in [5, 5.41) is 11.4. The van der Waals surface area contributed by atoms with Crippen molar-refractivity contribution < 1.29 is 14.4 Å². The first kappa shape index (κ1) is 46.8. The molecule has 14 heteroatoms. The van der Waals surface area contributed by atoms with Crippen LogP contribution in [0, 0.1) is 0 Å². The normalized spacial score (nSPS) is 16.4. The highest BCUT2D eigenvalue weighted by atomic mass is 16.2. The van der Waals surface area contributed by atoms with E-state index in [4.69, 9.17) is 15.0 Å². The van der Waals surface area contributed by atoms with E-state index in [1.807, 2.05) is 124 Å². The van der Waals surface area contributed by atoms with Crippen molar-refractivity contribution in [3.05, 3.63) is 156 Å². The lowest BCUT2D eigenvalue weighted by Gasteiger charge is -2.34. The zero-order chi connectivity index (χ0) is 46.5. The fraction of sp³-hybridized carbons (Fsp3) is 0.340. The number of carbonyl (C=O) groups excluding carboxylic acids is 3. The molecule has 0 spiro atoms. The number of fused-ring (bicyclic) bond motifs is 6. The van der Waals surface area contributed by atoms with Crippen LogP contribution in [0.15, 0.2) is 134 Å². The number of hydrogen-bond acceptors (Lipinski definition) is 11. The molecule has 346 valence electrons. The van der Waals surface area contributed by atoms with E-state index in [0.717, 1.165) is 55.2 Å². The first-order valence-electron chi connectivity index (χ1n) is 23.4. The van der Waals surface area contributed by atoms with Crippen LogP contribution in [-0.2, 0) is 20.9 Å². The molecule has 1 aliphatic heterocycles. The first-order chi connectivity index (χ1) is 32.7. The van der Waals surface area contributed by atoms with E-state index in [2.05, 4.69) is 52.7 Å². The lowest BCUT2D eigenvalue weighted by atomic mass is 10.1. The van der Waals surface area contributed by atoms with Gasteiger partial charge in [-0.2, -0.15) is 0 Å². The summed E-state index contributed by atoms with van der Waals surface area (Å²) in [4.78, 5) is 69.5. The van der Waals surface area contributed by atoms with Crippen molar-refractivity contribution in [2.75, 3.05) is 72.0 Å². The van der Waals surface area contributed by atoms with Crippen molar-refractivity contribution in [1.29, 1.82) is 0 Å². The van der Waals surface area contributed by atoms with Gasteiger partial charge in [-0.1, -0.05) is 91.0 Å². The monoisotopic (exact) mass is 899 g/mol. The molecule has 1 fully saturated rings. The number of aromatic nitrogens is 4. The Morgan fingerprint density at radius 2 is 0.791 bits per heavy atom. The van der Waals surface area contributed by atoms with Crippen LogP contribution in [-0.4, -0.2) is 129 Å². The Balaban J connectivity index is 1.05. The average Bonchev–Trinajstić information content (AvgIpc) is 3.35. The molecule has 0 unspecified atom stereocenters. The smallest absolute Gasteiger partial charge is 0.234 e. The van der Waals surface area contributed by atoms with Crippen molar-refractivity contribution in [3.63, 3.8) is 0 Å². The van der Waals surface area contributed by atoms with Crippen molar-refractivity contribution >= 4 is 50.6 Å². The summed E-state index contributed by atoms with van der Waals surface area (Å²) in [5.74, 6) is -0.213. The van der Waals surface area contributed by atoms with Gasteiger partial charge in [0.15, 0.2) is 0 Å². The quantitative estimate of drug-likeness (QED) is 0.109. The number of nitrogens with one attached hydrogen (secondary N) is 3. The van der Waals surface area contributed by atoms with E-state index < -0.39 is 0 Å². The third kappa shape index (κ3) is 12.6. The van der Waals surface area contributed by atoms with Crippen LogP contribution < -0.4 is 16.0 Å². The molecule has 0 saturated carbocycles. The number of amides is 3. The number of hydrogen-bond donors (Lipinski definition) is 3. The molecule has 1 saturated heterocycles. The Bertz CT molecular complexity index is 2630. The van der Waals surface area contributed by atoms with Gasteiger partial charge in [0.2, 0.25) is 17.7 Å². The Labute approximate surface area is 392 Å². The maximum atomic E-state index is 13.8. The van der Waals surface area contributed by atoms with E-state index in [0.29, 0.717) is 58.9 Å². The molecule has 3 amide bonds. The molecule has 4 heterocycles. The molecule has 4 aromatic carbocycles. The van der Waals surface area contributed by atoms with E-state index >= 15 is 0 Å². The van der Waals surface area contributed by atoms with Crippen molar-refractivity contribution in [1.82, 2.24) is 55.5 Å². The fourth-order valence-corrected chi connectivity index (χ4v) is 8.86. The highest BCUT2D eigenvalue weighted by Crippen LogP contribution is 2.30. The summed E-state index contributed by atoms with van der Waals surface area (Å²) < 4.78 is 0. The highest BCUT2D eigenvalue weighted by Gasteiger charge is 2.23. The molecular weight excluding hydrogens is 839 g/mol. The molecule has 7 aromatic rings. The molecule has 67 heavy (non-hydrogen) atoms. The molecule has 14 nitrogen and oxygen atoms in total. The minimum Gasteiger partial charge on any atom is -0.348 e. The molecule has 0 radical (unpaired) electrons. The number of pyridine rings is 2. The maximum Gasteiger partial charge on any atom is 0.234 e. The van der Waals surface area contributed by atoms with Crippen molar-refractivity contribution in [2.45, 2.75) is 45.4 Å². The number of rotatable bonds is 14. The van der Waals surface area contributed by atoms with Gasteiger partial charge in [-0.25, -0.2) is 4.98 Å². The minimum atomic E-state index is -0.161. The third-order valence-electron chi connectivity index (χ3n) is 12.6. The van der Waals surface area contributed by atoms with Gasteiger partial charge in [0.25, 0.3) is 0 Å². The number of nitrogens with zero attached hydrogens (tertiary/aromatic N) is 8. The average molecular weight is 900 g/mol. The second-order valence-corrected chi connectivity index (χ2v) is 17.6.